The van der Waals surface area contributed by atoms with Gasteiger partial charge in [-0.05, 0) is 6.92 Å². The maximum absolute atomic E-state index is 11.5. The largest absolute Gasteiger partial charge is 0.480 e. The number of rotatable bonds is 7. The summed E-state index contributed by atoms with van der Waals surface area (Å²) >= 11 is 0. The van der Waals surface area contributed by atoms with Crippen molar-refractivity contribution in [3.05, 3.63) is 0 Å². The molecule has 2 N–H and O–H groups in total. The lowest BCUT2D eigenvalue weighted by atomic mass is 10.5. The highest BCUT2D eigenvalue weighted by Gasteiger charge is 2.17. The molecule has 0 aliphatic carbocycles. The summed E-state index contributed by atoms with van der Waals surface area (Å²) in [4.78, 5) is 23.1. The molecule has 0 aliphatic rings. The predicted octanol–water partition coefficient (Wildman–Crippen LogP) is -1.01. The van der Waals surface area contributed by atoms with Gasteiger partial charge in [0.05, 0.1) is 5.75 Å². The third kappa shape index (κ3) is 5.82. The molecular formula is C9H19N3O5S. The first-order valence-electron chi connectivity index (χ1n) is 5.35. The van der Waals surface area contributed by atoms with Crippen LogP contribution >= 0.6 is 0 Å². The van der Waals surface area contributed by atoms with Crippen LogP contribution in [0.1, 0.15) is 6.92 Å². The molecule has 0 aromatic carbocycles. The average molecular weight is 281 g/mol. The number of carbonyl (C=O) groups is 2. The summed E-state index contributed by atoms with van der Waals surface area (Å²) in [5.74, 6) is -1.34. The third-order valence-corrected chi connectivity index (χ3v) is 4.02. The van der Waals surface area contributed by atoms with Gasteiger partial charge in [-0.2, -0.15) is 0 Å². The van der Waals surface area contributed by atoms with Crippen molar-refractivity contribution in [3.63, 3.8) is 0 Å². The number of nitrogens with zero attached hydrogens (tertiary/aromatic N) is 2. The topological polar surface area (TPSA) is 107 Å². The molecule has 0 aromatic heterocycles. The van der Waals surface area contributed by atoms with Gasteiger partial charge in [-0.1, -0.05) is 0 Å². The van der Waals surface area contributed by atoms with Crippen molar-refractivity contribution in [3.8, 4) is 0 Å². The Balaban J connectivity index is 4.22. The molecule has 0 saturated heterocycles. The highest BCUT2D eigenvalue weighted by molar-refractivity contribution is 7.89. The van der Waals surface area contributed by atoms with Crippen molar-refractivity contribution in [2.45, 2.75) is 6.92 Å². The SMILES string of the molecule is CCN(CC(=O)O)C(=O)NCCS(=O)(=O)N(C)C. The lowest BCUT2D eigenvalue weighted by Crippen LogP contribution is -2.44. The predicted molar refractivity (Wildman–Crippen MR) is 65.8 cm³/mol. The number of hydrogen-bond donors (Lipinski definition) is 2. The molecule has 0 saturated carbocycles. The molecule has 0 rings (SSSR count). The molecule has 2 amide bonds. The zero-order valence-corrected chi connectivity index (χ0v) is 11.5. The Bertz CT molecular complexity index is 393. The van der Waals surface area contributed by atoms with Crippen molar-refractivity contribution in [2.24, 2.45) is 0 Å². The first-order valence-corrected chi connectivity index (χ1v) is 6.96. The van der Waals surface area contributed by atoms with Crippen LogP contribution in [-0.4, -0.2) is 74.2 Å². The molecule has 0 bridgehead atoms. The van der Waals surface area contributed by atoms with Gasteiger partial charge in [0, 0.05) is 27.2 Å². The molecular weight excluding hydrogens is 262 g/mol. The molecule has 0 fully saturated rings. The Morgan fingerprint density at radius 1 is 1.28 bits per heavy atom. The van der Waals surface area contributed by atoms with E-state index in [1.807, 2.05) is 0 Å². The van der Waals surface area contributed by atoms with E-state index in [2.05, 4.69) is 5.32 Å². The monoisotopic (exact) mass is 281 g/mol. The number of sulfonamides is 1. The second-order valence-corrected chi connectivity index (χ2v) is 6.04. The van der Waals surface area contributed by atoms with Crippen LogP contribution in [0.4, 0.5) is 4.79 Å². The van der Waals surface area contributed by atoms with Crippen LogP contribution in [0.25, 0.3) is 0 Å². The summed E-state index contributed by atoms with van der Waals surface area (Å²) in [6.45, 7) is 1.40. The quantitative estimate of drug-likeness (QED) is 0.622. The van der Waals surface area contributed by atoms with E-state index in [1.165, 1.54) is 14.1 Å². The summed E-state index contributed by atoms with van der Waals surface area (Å²) in [5.41, 5.74) is 0. The standard InChI is InChI=1S/C9H19N3O5S/c1-4-12(7-8(13)14)9(15)10-5-6-18(16,17)11(2)3/h4-7H2,1-3H3,(H,10,15)(H,13,14). The summed E-state index contributed by atoms with van der Waals surface area (Å²) in [6.07, 6.45) is 0. The van der Waals surface area contributed by atoms with E-state index in [4.69, 9.17) is 5.11 Å². The summed E-state index contributed by atoms with van der Waals surface area (Å²) < 4.78 is 23.9. The van der Waals surface area contributed by atoms with Gasteiger partial charge in [-0.15, -0.1) is 0 Å². The van der Waals surface area contributed by atoms with Crippen molar-refractivity contribution >= 4 is 22.0 Å². The van der Waals surface area contributed by atoms with Gasteiger partial charge in [0.25, 0.3) is 0 Å². The van der Waals surface area contributed by atoms with E-state index < -0.39 is 28.6 Å². The molecule has 0 aliphatic heterocycles. The number of carboxylic acids is 1. The highest BCUT2D eigenvalue weighted by atomic mass is 32.2. The van der Waals surface area contributed by atoms with Crippen LogP contribution in [0.2, 0.25) is 0 Å². The number of hydrogen-bond acceptors (Lipinski definition) is 4. The fourth-order valence-electron chi connectivity index (χ4n) is 1.07. The molecule has 18 heavy (non-hydrogen) atoms. The number of amides is 2. The first-order chi connectivity index (χ1) is 8.20. The highest BCUT2D eigenvalue weighted by Crippen LogP contribution is 1.93. The van der Waals surface area contributed by atoms with Crippen molar-refractivity contribution in [2.75, 3.05) is 39.5 Å². The van der Waals surface area contributed by atoms with Crippen LogP contribution < -0.4 is 5.32 Å². The third-order valence-electron chi connectivity index (χ3n) is 2.19. The van der Waals surface area contributed by atoms with Crippen LogP contribution in [0, 0.1) is 0 Å². The first kappa shape index (κ1) is 16.6. The maximum Gasteiger partial charge on any atom is 0.323 e. The fraction of sp³-hybridized carbons (Fsp3) is 0.778. The van der Waals surface area contributed by atoms with Crippen molar-refractivity contribution in [1.82, 2.24) is 14.5 Å². The van der Waals surface area contributed by atoms with Crippen LogP contribution in [0.3, 0.4) is 0 Å². The van der Waals surface area contributed by atoms with E-state index in [9.17, 15) is 18.0 Å². The zero-order valence-electron chi connectivity index (χ0n) is 10.7. The Hall–Kier alpha value is -1.35. The number of aliphatic carboxylic acids is 1. The Kier molecular flexibility index (Phi) is 6.63. The Morgan fingerprint density at radius 2 is 1.83 bits per heavy atom. The van der Waals surface area contributed by atoms with Crippen LogP contribution in [0.15, 0.2) is 0 Å². The smallest absolute Gasteiger partial charge is 0.323 e. The number of likely N-dealkylation sites (N-methyl/N-ethyl adjacent to an activating group) is 1. The number of urea groups is 1. The number of carboxylic acid groups (broad SMARTS) is 1. The lowest BCUT2D eigenvalue weighted by molar-refractivity contribution is -0.137. The fourth-order valence-corrected chi connectivity index (χ4v) is 1.80. The molecule has 0 radical (unpaired) electrons. The van der Waals surface area contributed by atoms with E-state index in [0.717, 1.165) is 9.21 Å². The minimum atomic E-state index is -3.37. The minimum Gasteiger partial charge on any atom is -0.480 e. The van der Waals surface area contributed by atoms with Crippen molar-refractivity contribution in [1.29, 1.82) is 0 Å². The second-order valence-electron chi connectivity index (χ2n) is 3.74. The van der Waals surface area contributed by atoms with E-state index in [-0.39, 0.29) is 18.8 Å². The van der Waals surface area contributed by atoms with Gasteiger partial charge in [-0.3, -0.25) is 4.79 Å². The van der Waals surface area contributed by atoms with Crippen LogP contribution in [-0.2, 0) is 14.8 Å². The van der Waals surface area contributed by atoms with E-state index in [1.54, 1.807) is 6.92 Å². The Morgan fingerprint density at radius 3 is 2.22 bits per heavy atom. The molecule has 0 heterocycles. The van der Waals surface area contributed by atoms with Gasteiger partial charge < -0.3 is 15.3 Å². The summed E-state index contributed by atoms with van der Waals surface area (Å²) in [5, 5.41) is 10.9. The van der Waals surface area contributed by atoms with Gasteiger partial charge in [-0.25, -0.2) is 17.5 Å². The van der Waals surface area contributed by atoms with Crippen molar-refractivity contribution < 1.29 is 23.1 Å². The maximum atomic E-state index is 11.5. The summed E-state index contributed by atoms with van der Waals surface area (Å²) in [7, 11) is -0.560. The van der Waals surface area contributed by atoms with Crippen LogP contribution in [0.5, 0.6) is 0 Å². The molecule has 8 nitrogen and oxygen atoms in total. The Labute approximate surface area is 107 Å². The zero-order chi connectivity index (χ0) is 14.3. The van der Waals surface area contributed by atoms with Gasteiger partial charge >= 0.3 is 12.0 Å². The molecule has 0 aromatic rings. The molecule has 9 heteroatoms. The van der Waals surface area contributed by atoms with Gasteiger partial charge in [0.15, 0.2) is 0 Å². The minimum absolute atomic E-state index is 0.0601. The van der Waals surface area contributed by atoms with Gasteiger partial charge in [0.1, 0.15) is 6.54 Å². The molecule has 0 unspecified atom stereocenters. The molecule has 0 spiro atoms. The summed E-state index contributed by atoms with van der Waals surface area (Å²) in [6, 6.07) is -0.589. The second kappa shape index (κ2) is 7.17. The van der Waals surface area contributed by atoms with E-state index in [0.29, 0.717) is 0 Å². The van der Waals surface area contributed by atoms with Gasteiger partial charge in [0.2, 0.25) is 10.0 Å². The average Bonchev–Trinajstić information content (AvgIpc) is 2.24. The number of nitrogens with one attached hydrogen (secondary N) is 1. The van der Waals surface area contributed by atoms with E-state index >= 15 is 0 Å². The molecule has 106 valence electrons. The normalized spacial score (nSPS) is 11.3. The number of carbonyl (C=O) groups excluding carboxylic acids is 1. The lowest BCUT2D eigenvalue weighted by Gasteiger charge is -2.19. The molecule has 0 atom stereocenters.